The van der Waals surface area contributed by atoms with E-state index in [1.54, 1.807) is 6.08 Å². The minimum Gasteiger partial charge on any atom is -0.368 e. The van der Waals surface area contributed by atoms with Gasteiger partial charge in [-0.1, -0.05) is 35.0 Å². The summed E-state index contributed by atoms with van der Waals surface area (Å²) in [6.07, 6.45) is 3.60. The summed E-state index contributed by atoms with van der Waals surface area (Å²) in [7, 11) is 0. The van der Waals surface area contributed by atoms with Gasteiger partial charge in [0.25, 0.3) is 5.89 Å². The fourth-order valence-electron chi connectivity index (χ4n) is 3.44. The molecule has 0 spiro atoms. The number of hydrogen-bond acceptors (Lipinski definition) is 5. The minimum absolute atomic E-state index is 0.00833. The van der Waals surface area contributed by atoms with Crippen molar-refractivity contribution in [1.29, 1.82) is 0 Å². The van der Waals surface area contributed by atoms with Gasteiger partial charge in [0, 0.05) is 55.1 Å². The van der Waals surface area contributed by atoms with Gasteiger partial charge in [0.1, 0.15) is 0 Å². The summed E-state index contributed by atoms with van der Waals surface area (Å²) >= 11 is 6.16. The molecule has 1 aromatic heterocycles. The van der Waals surface area contributed by atoms with Crippen molar-refractivity contribution in [3.05, 3.63) is 65.0 Å². The molecule has 1 saturated heterocycles. The zero-order valence-corrected chi connectivity index (χ0v) is 18.0. The van der Waals surface area contributed by atoms with E-state index in [1.165, 1.54) is 0 Å². The highest BCUT2D eigenvalue weighted by atomic mass is 35.5. The number of carbonyl (C=O) groups is 1. The number of anilines is 1. The number of nitrogens with one attached hydrogen (secondary N) is 1. The van der Waals surface area contributed by atoms with Crippen molar-refractivity contribution >= 4 is 35.5 Å². The van der Waals surface area contributed by atoms with Crippen LogP contribution in [0.4, 0.5) is 10.5 Å². The predicted molar refractivity (Wildman–Crippen MR) is 123 cm³/mol. The maximum atomic E-state index is 12.0. The van der Waals surface area contributed by atoms with E-state index in [2.05, 4.69) is 20.4 Å². The molecule has 31 heavy (non-hydrogen) atoms. The van der Waals surface area contributed by atoms with E-state index in [4.69, 9.17) is 16.1 Å². The summed E-state index contributed by atoms with van der Waals surface area (Å²) in [5.41, 5.74) is 2.88. The summed E-state index contributed by atoms with van der Waals surface area (Å²) in [5, 5.41) is 7.60. The van der Waals surface area contributed by atoms with Gasteiger partial charge in [0.05, 0.1) is 0 Å². The molecule has 8 heteroatoms. The Labute approximate surface area is 186 Å². The molecule has 1 aliphatic heterocycles. The highest BCUT2D eigenvalue weighted by molar-refractivity contribution is 6.32. The highest BCUT2D eigenvalue weighted by Crippen LogP contribution is 2.23. The molecule has 0 unspecified atom stereocenters. The Morgan fingerprint density at radius 2 is 1.84 bits per heavy atom. The first kappa shape index (κ1) is 20.9. The molecule has 2 amide bonds. The zero-order chi connectivity index (χ0) is 21.6. The van der Waals surface area contributed by atoms with Crippen LogP contribution in [0, 0.1) is 0 Å². The van der Waals surface area contributed by atoms with Crippen LogP contribution < -0.4 is 10.2 Å². The molecule has 1 N–H and O–H groups in total. The van der Waals surface area contributed by atoms with E-state index in [-0.39, 0.29) is 6.03 Å². The zero-order valence-electron chi connectivity index (χ0n) is 17.3. The second-order valence-electron chi connectivity index (χ2n) is 7.17. The Kier molecular flexibility index (Phi) is 6.52. The first-order valence-electron chi connectivity index (χ1n) is 10.3. The van der Waals surface area contributed by atoms with Crippen LogP contribution in [0.2, 0.25) is 5.02 Å². The van der Waals surface area contributed by atoms with Gasteiger partial charge >= 0.3 is 6.03 Å². The maximum Gasteiger partial charge on any atom is 0.317 e. The minimum atomic E-state index is 0.00833. The Bertz CT molecular complexity index is 1060. The van der Waals surface area contributed by atoms with E-state index in [0.717, 1.165) is 29.9 Å². The molecule has 2 aromatic carbocycles. The summed E-state index contributed by atoms with van der Waals surface area (Å²) in [4.78, 5) is 20.5. The van der Waals surface area contributed by atoms with Gasteiger partial charge in [0.2, 0.25) is 5.82 Å². The van der Waals surface area contributed by atoms with Crippen LogP contribution >= 0.6 is 11.6 Å². The van der Waals surface area contributed by atoms with Crippen molar-refractivity contribution in [2.24, 2.45) is 0 Å². The Morgan fingerprint density at radius 1 is 1.10 bits per heavy atom. The van der Waals surface area contributed by atoms with Crippen molar-refractivity contribution in [3.8, 4) is 11.4 Å². The molecule has 160 valence electrons. The molecule has 2 heterocycles. The number of hydrogen-bond donors (Lipinski definition) is 1. The molecule has 0 bridgehead atoms. The summed E-state index contributed by atoms with van der Waals surface area (Å²) in [5.74, 6) is 0.951. The van der Waals surface area contributed by atoms with E-state index in [1.807, 2.05) is 66.4 Å². The molecule has 0 atom stereocenters. The third-order valence-electron chi connectivity index (χ3n) is 5.14. The highest BCUT2D eigenvalue weighted by Gasteiger charge is 2.20. The monoisotopic (exact) mass is 437 g/mol. The van der Waals surface area contributed by atoms with Gasteiger partial charge < -0.3 is 19.6 Å². The van der Waals surface area contributed by atoms with Gasteiger partial charge in [0.15, 0.2) is 0 Å². The Morgan fingerprint density at radius 3 is 2.55 bits per heavy atom. The lowest BCUT2D eigenvalue weighted by Gasteiger charge is -2.36. The van der Waals surface area contributed by atoms with Gasteiger partial charge in [-0.3, -0.25) is 0 Å². The SMILES string of the molecule is CCNC(=O)N1CCN(c2ccc(-c3noc(C=Cc4ccccc4Cl)n3)cc2)CC1. The van der Waals surface area contributed by atoms with Crippen LogP contribution in [-0.2, 0) is 0 Å². The Balaban J connectivity index is 1.38. The molecule has 7 nitrogen and oxygen atoms in total. The third kappa shape index (κ3) is 5.06. The standard InChI is InChI=1S/C23H24ClN5O2/c1-2-25-23(30)29-15-13-28(14-16-29)19-10-7-18(8-11-19)22-26-21(31-27-22)12-9-17-5-3-4-6-20(17)24/h3-12H,2,13-16H2,1H3,(H,25,30). The number of urea groups is 1. The molecule has 0 saturated carbocycles. The van der Waals surface area contributed by atoms with Gasteiger partial charge in [-0.15, -0.1) is 0 Å². The normalized spacial score (nSPS) is 14.3. The van der Waals surface area contributed by atoms with Crippen molar-refractivity contribution in [1.82, 2.24) is 20.4 Å². The maximum absolute atomic E-state index is 12.0. The number of piperazine rings is 1. The van der Waals surface area contributed by atoms with Crippen molar-refractivity contribution < 1.29 is 9.32 Å². The van der Waals surface area contributed by atoms with Crippen LogP contribution in [0.15, 0.2) is 53.1 Å². The van der Waals surface area contributed by atoms with E-state index in [0.29, 0.717) is 36.4 Å². The largest absolute Gasteiger partial charge is 0.368 e. The number of rotatable bonds is 5. The van der Waals surface area contributed by atoms with Gasteiger partial charge in [-0.2, -0.15) is 4.98 Å². The number of halogens is 1. The van der Waals surface area contributed by atoms with Gasteiger partial charge in [-0.05, 0) is 48.9 Å². The lowest BCUT2D eigenvalue weighted by molar-refractivity contribution is 0.195. The van der Waals surface area contributed by atoms with E-state index in [9.17, 15) is 4.79 Å². The molecular formula is C23H24ClN5O2. The Hall–Kier alpha value is -3.32. The fraction of sp³-hybridized carbons (Fsp3) is 0.261. The summed E-state index contributed by atoms with van der Waals surface area (Å²) in [6, 6.07) is 15.6. The lowest BCUT2D eigenvalue weighted by Crippen LogP contribution is -2.51. The van der Waals surface area contributed by atoms with Crippen LogP contribution in [0.5, 0.6) is 0 Å². The van der Waals surface area contributed by atoms with Crippen LogP contribution in [-0.4, -0.2) is 53.8 Å². The molecule has 1 fully saturated rings. The number of aromatic nitrogens is 2. The predicted octanol–water partition coefficient (Wildman–Crippen LogP) is 4.41. The third-order valence-corrected chi connectivity index (χ3v) is 5.48. The van der Waals surface area contributed by atoms with E-state index < -0.39 is 0 Å². The smallest absolute Gasteiger partial charge is 0.317 e. The molecule has 0 radical (unpaired) electrons. The molecular weight excluding hydrogens is 414 g/mol. The second kappa shape index (κ2) is 9.66. The average Bonchev–Trinajstić information content (AvgIpc) is 3.28. The fourth-order valence-corrected chi connectivity index (χ4v) is 3.64. The number of benzene rings is 2. The number of carbonyl (C=O) groups excluding carboxylic acids is 1. The topological polar surface area (TPSA) is 74.5 Å². The first-order valence-corrected chi connectivity index (χ1v) is 10.7. The average molecular weight is 438 g/mol. The van der Waals surface area contributed by atoms with E-state index >= 15 is 0 Å². The second-order valence-corrected chi connectivity index (χ2v) is 7.57. The molecule has 1 aliphatic rings. The molecule has 4 rings (SSSR count). The number of amides is 2. The molecule has 3 aromatic rings. The van der Waals surface area contributed by atoms with Crippen LogP contribution in [0.1, 0.15) is 18.4 Å². The van der Waals surface area contributed by atoms with Crippen LogP contribution in [0.25, 0.3) is 23.5 Å². The van der Waals surface area contributed by atoms with Crippen LogP contribution in [0.3, 0.4) is 0 Å². The van der Waals surface area contributed by atoms with Crippen molar-refractivity contribution in [2.45, 2.75) is 6.92 Å². The summed E-state index contributed by atoms with van der Waals surface area (Å²) in [6.45, 7) is 5.59. The quantitative estimate of drug-likeness (QED) is 0.639. The number of nitrogens with zero attached hydrogens (tertiary/aromatic N) is 4. The summed E-state index contributed by atoms with van der Waals surface area (Å²) < 4.78 is 5.34. The van der Waals surface area contributed by atoms with Crippen molar-refractivity contribution in [3.63, 3.8) is 0 Å². The lowest BCUT2D eigenvalue weighted by atomic mass is 10.1. The van der Waals surface area contributed by atoms with Crippen molar-refractivity contribution in [2.75, 3.05) is 37.6 Å². The van der Waals surface area contributed by atoms with Gasteiger partial charge in [-0.25, -0.2) is 4.79 Å². The molecule has 0 aliphatic carbocycles. The first-order chi connectivity index (χ1) is 15.1.